The molecule has 27 heavy (non-hydrogen) atoms. The second kappa shape index (κ2) is 8.88. The molecule has 2 rings (SSSR count). The van der Waals surface area contributed by atoms with Gasteiger partial charge in [-0.25, -0.2) is 0 Å². The number of ketones is 2. The van der Waals surface area contributed by atoms with Crippen LogP contribution in [0.25, 0.3) is 0 Å². The van der Waals surface area contributed by atoms with E-state index >= 15 is 0 Å². The molecular weight excluding hydrogens is 352 g/mol. The first-order valence-corrected chi connectivity index (χ1v) is 8.35. The van der Waals surface area contributed by atoms with Crippen LogP contribution in [0.15, 0.2) is 36.4 Å². The lowest BCUT2D eigenvalue weighted by molar-refractivity contribution is 0.0583. The summed E-state index contributed by atoms with van der Waals surface area (Å²) >= 11 is 0. The number of rotatable bonds is 8. The van der Waals surface area contributed by atoms with E-state index in [-0.39, 0.29) is 11.1 Å². The van der Waals surface area contributed by atoms with Gasteiger partial charge in [0, 0.05) is 22.3 Å². The quantitative estimate of drug-likeness (QED) is 0.511. The van der Waals surface area contributed by atoms with Gasteiger partial charge in [-0.1, -0.05) is 24.3 Å². The van der Waals surface area contributed by atoms with Crippen LogP contribution in [-0.2, 0) is 0 Å². The summed E-state index contributed by atoms with van der Waals surface area (Å²) in [5.74, 6) is -0.540. The van der Waals surface area contributed by atoms with Crippen molar-refractivity contribution < 1.29 is 34.8 Å². The van der Waals surface area contributed by atoms with Gasteiger partial charge >= 0.3 is 0 Å². The maximum absolute atomic E-state index is 12.2. The van der Waals surface area contributed by atoms with Crippen molar-refractivity contribution in [3.8, 4) is 11.5 Å². The Morgan fingerprint density at radius 3 is 1.52 bits per heavy atom. The third-order valence-corrected chi connectivity index (χ3v) is 4.27. The van der Waals surface area contributed by atoms with Crippen molar-refractivity contribution in [2.45, 2.75) is 26.1 Å². The molecule has 2 aromatic rings. The molecule has 0 spiro atoms. The normalized spacial score (nSPS) is 13.1. The van der Waals surface area contributed by atoms with E-state index < -0.39 is 37.0 Å². The van der Waals surface area contributed by atoms with E-state index in [1.54, 1.807) is 38.1 Å². The summed E-state index contributed by atoms with van der Waals surface area (Å²) in [5, 5.41) is 37.1. The minimum atomic E-state index is -1.51. The molecule has 0 bridgehead atoms. The fourth-order valence-electron chi connectivity index (χ4n) is 2.63. The number of hydrogen-bond donors (Lipinski definition) is 4. The van der Waals surface area contributed by atoms with Crippen LogP contribution in [0.5, 0.6) is 11.5 Å². The molecule has 0 amide bonds. The SMILES string of the molecule is Cc1c(Oc2cccc(C(=O)C(O)CO)c2C)cccc1C(=O)C(O)CO. The average molecular weight is 374 g/mol. The van der Waals surface area contributed by atoms with Crippen LogP contribution >= 0.6 is 0 Å². The maximum Gasteiger partial charge on any atom is 0.194 e. The first-order valence-electron chi connectivity index (χ1n) is 8.35. The Hall–Kier alpha value is -2.58. The summed E-state index contributed by atoms with van der Waals surface area (Å²) in [7, 11) is 0. The number of ether oxygens (including phenoxy) is 1. The van der Waals surface area contributed by atoms with Crippen molar-refractivity contribution in [2.24, 2.45) is 0 Å². The largest absolute Gasteiger partial charge is 0.457 e. The van der Waals surface area contributed by atoms with E-state index in [1.807, 2.05) is 0 Å². The summed E-state index contributed by atoms with van der Waals surface area (Å²) in [6, 6.07) is 9.47. The molecule has 0 aliphatic carbocycles. The number of carbonyl (C=O) groups excluding carboxylic acids is 2. The lowest BCUT2D eigenvalue weighted by Crippen LogP contribution is -2.25. The summed E-state index contributed by atoms with van der Waals surface area (Å²) in [6.07, 6.45) is -3.02. The second-order valence-corrected chi connectivity index (χ2v) is 6.08. The van der Waals surface area contributed by atoms with Crippen molar-refractivity contribution in [3.05, 3.63) is 58.7 Å². The highest BCUT2D eigenvalue weighted by Gasteiger charge is 2.22. The Labute approximate surface area is 156 Å². The Balaban J connectivity index is 2.38. The first kappa shape index (κ1) is 20.7. The lowest BCUT2D eigenvalue weighted by atomic mass is 9.99. The van der Waals surface area contributed by atoms with E-state index in [1.165, 1.54) is 12.1 Å². The van der Waals surface area contributed by atoms with Gasteiger partial charge in [0.25, 0.3) is 0 Å². The number of aliphatic hydroxyl groups is 4. The molecule has 2 atom stereocenters. The fourth-order valence-corrected chi connectivity index (χ4v) is 2.63. The van der Waals surface area contributed by atoms with Crippen molar-refractivity contribution in [2.75, 3.05) is 13.2 Å². The van der Waals surface area contributed by atoms with Crippen LogP contribution in [0.2, 0.25) is 0 Å². The molecule has 2 aromatic carbocycles. The highest BCUT2D eigenvalue weighted by molar-refractivity contribution is 6.01. The molecule has 0 fully saturated rings. The van der Waals surface area contributed by atoms with Gasteiger partial charge in [0.2, 0.25) is 0 Å². The monoisotopic (exact) mass is 374 g/mol. The molecule has 144 valence electrons. The van der Waals surface area contributed by atoms with E-state index in [0.29, 0.717) is 22.6 Å². The van der Waals surface area contributed by atoms with Gasteiger partial charge in [-0.2, -0.15) is 0 Å². The Morgan fingerprint density at radius 1 is 0.815 bits per heavy atom. The van der Waals surface area contributed by atoms with Gasteiger partial charge in [-0.15, -0.1) is 0 Å². The fraction of sp³-hybridized carbons (Fsp3) is 0.300. The maximum atomic E-state index is 12.2. The van der Waals surface area contributed by atoms with Gasteiger partial charge in [-0.3, -0.25) is 9.59 Å². The zero-order chi connectivity index (χ0) is 20.1. The topological polar surface area (TPSA) is 124 Å². The smallest absolute Gasteiger partial charge is 0.194 e. The van der Waals surface area contributed by atoms with Crippen molar-refractivity contribution >= 4 is 11.6 Å². The first-order chi connectivity index (χ1) is 12.8. The molecule has 0 aliphatic heterocycles. The highest BCUT2D eigenvalue weighted by atomic mass is 16.5. The standard InChI is InChI=1S/C20H22O7/c1-11-13(19(25)15(23)9-21)5-3-7-17(11)27-18-8-4-6-14(12(18)2)20(26)16(24)10-22/h3-8,15-16,21-24H,9-10H2,1-2H3. The second-order valence-electron chi connectivity index (χ2n) is 6.08. The Morgan fingerprint density at radius 2 is 1.19 bits per heavy atom. The van der Waals surface area contributed by atoms with Crippen LogP contribution in [0.3, 0.4) is 0 Å². The van der Waals surface area contributed by atoms with E-state index in [4.69, 9.17) is 14.9 Å². The van der Waals surface area contributed by atoms with Gasteiger partial charge in [0.1, 0.15) is 23.7 Å². The molecule has 2 unspecified atom stereocenters. The van der Waals surface area contributed by atoms with E-state index in [0.717, 1.165) is 0 Å². The molecule has 7 heteroatoms. The van der Waals surface area contributed by atoms with Crippen LogP contribution in [-0.4, -0.2) is 57.4 Å². The highest BCUT2D eigenvalue weighted by Crippen LogP contribution is 2.31. The minimum absolute atomic E-state index is 0.217. The van der Waals surface area contributed by atoms with Crippen molar-refractivity contribution in [1.29, 1.82) is 0 Å². The number of carbonyl (C=O) groups is 2. The number of Topliss-reactive ketones (excluding diaryl/α,β-unsaturated/α-hetero) is 2. The van der Waals surface area contributed by atoms with Crippen molar-refractivity contribution in [3.63, 3.8) is 0 Å². The van der Waals surface area contributed by atoms with Crippen LogP contribution in [0, 0.1) is 13.8 Å². The molecule has 0 aliphatic rings. The summed E-state index contributed by atoms with van der Waals surface area (Å²) in [4.78, 5) is 24.3. The number of benzene rings is 2. The minimum Gasteiger partial charge on any atom is -0.457 e. The summed E-state index contributed by atoms with van der Waals surface area (Å²) < 4.78 is 5.86. The predicted molar refractivity (Wildman–Crippen MR) is 97.3 cm³/mol. The Bertz CT molecular complexity index is 775. The van der Waals surface area contributed by atoms with Crippen molar-refractivity contribution in [1.82, 2.24) is 0 Å². The Kier molecular flexibility index (Phi) is 6.81. The van der Waals surface area contributed by atoms with Gasteiger partial charge in [0.15, 0.2) is 11.6 Å². The zero-order valence-corrected chi connectivity index (χ0v) is 15.0. The molecule has 4 N–H and O–H groups in total. The van der Waals surface area contributed by atoms with Crippen LogP contribution in [0.4, 0.5) is 0 Å². The average Bonchev–Trinajstić information content (AvgIpc) is 2.68. The predicted octanol–water partition coefficient (Wildman–Crippen LogP) is 1.17. The molecule has 7 nitrogen and oxygen atoms in total. The lowest BCUT2D eigenvalue weighted by Gasteiger charge is -2.16. The molecule has 0 saturated carbocycles. The van der Waals surface area contributed by atoms with Gasteiger partial charge < -0.3 is 25.2 Å². The number of aliphatic hydroxyl groups excluding tert-OH is 4. The van der Waals surface area contributed by atoms with Crippen LogP contribution < -0.4 is 4.74 Å². The van der Waals surface area contributed by atoms with Gasteiger partial charge in [-0.05, 0) is 26.0 Å². The molecular formula is C20H22O7. The third-order valence-electron chi connectivity index (χ3n) is 4.27. The van der Waals surface area contributed by atoms with E-state index in [2.05, 4.69) is 0 Å². The van der Waals surface area contributed by atoms with Gasteiger partial charge in [0.05, 0.1) is 13.2 Å². The third kappa shape index (κ3) is 4.40. The molecule has 0 radical (unpaired) electrons. The molecule has 0 aromatic heterocycles. The zero-order valence-electron chi connectivity index (χ0n) is 15.0. The van der Waals surface area contributed by atoms with Crippen LogP contribution in [0.1, 0.15) is 31.8 Å². The summed E-state index contributed by atoms with van der Waals surface area (Å²) in [5.41, 5.74) is 1.38. The van der Waals surface area contributed by atoms with E-state index in [9.17, 15) is 19.8 Å². The summed E-state index contributed by atoms with van der Waals surface area (Å²) in [6.45, 7) is 1.93. The number of hydrogen-bond acceptors (Lipinski definition) is 7. The molecule has 0 saturated heterocycles. The molecule has 0 heterocycles.